The Morgan fingerprint density at radius 2 is 2.18 bits per heavy atom. The molecule has 0 saturated heterocycles. The molecule has 2 atom stereocenters. The fourth-order valence-corrected chi connectivity index (χ4v) is 2.38. The van der Waals surface area contributed by atoms with E-state index < -0.39 is 23.3 Å². The van der Waals surface area contributed by atoms with Gasteiger partial charge in [0.1, 0.15) is 35.9 Å². The molecule has 22 heavy (non-hydrogen) atoms. The molecular weight excluding hydrogens is 294 g/mol. The van der Waals surface area contributed by atoms with Crippen LogP contribution in [0.3, 0.4) is 0 Å². The van der Waals surface area contributed by atoms with Gasteiger partial charge in [0.25, 0.3) is 0 Å². The Balaban J connectivity index is 1.97. The van der Waals surface area contributed by atoms with E-state index in [1.807, 2.05) is 0 Å². The zero-order valence-corrected chi connectivity index (χ0v) is 11.3. The number of hydrogen-bond donors (Lipinski definition) is 1. The van der Waals surface area contributed by atoms with Gasteiger partial charge in [-0.2, -0.15) is 10.2 Å². The molecule has 0 amide bonds. The minimum absolute atomic E-state index is 0.0302. The molecule has 0 saturated carbocycles. The first-order valence-electron chi connectivity index (χ1n) is 6.50. The standard InChI is InChI=1S/C13H12F2N6O/c14-9-1-2-11(12(15)3-9)13(22,4-10-5-17-20-19-10)6-21-8-16-7-18-21/h1-3,5,7-8,10,22H,4,6H2. The Bertz CT molecular complexity index is 705. The smallest absolute Gasteiger partial charge is 0.137 e. The van der Waals surface area contributed by atoms with Crippen LogP contribution in [0.2, 0.25) is 0 Å². The normalized spacial score (nSPS) is 19.5. The van der Waals surface area contributed by atoms with Crippen LogP contribution in [0.15, 0.2) is 46.3 Å². The minimum atomic E-state index is -1.66. The maximum atomic E-state index is 14.1. The predicted molar refractivity (Wildman–Crippen MR) is 72.0 cm³/mol. The lowest BCUT2D eigenvalue weighted by Gasteiger charge is -2.29. The highest BCUT2D eigenvalue weighted by atomic mass is 19.1. The van der Waals surface area contributed by atoms with E-state index in [9.17, 15) is 13.9 Å². The van der Waals surface area contributed by atoms with Crippen LogP contribution < -0.4 is 0 Å². The molecule has 0 bridgehead atoms. The molecule has 1 aromatic heterocycles. The summed E-state index contributed by atoms with van der Waals surface area (Å²) in [6.07, 6.45) is 4.19. The quantitative estimate of drug-likeness (QED) is 0.911. The first kappa shape index (κ1) is 14.4. The molecule has 2 heterocycles. The van der Waals surface area contributed by atoms with Gasteiger partial charge in [0.05, 0.1) is 12.8 Å². The summed E-state index contributed by atoms with van der Waals surface area (Å²) in [7, 11) is 0. The van der Waals surface area contributed by atoms with E-state index in [1.54, 1.807) is 0 Å². The number of rotatable bonds is 5. The minimum Gasteiger partial charge on any atom is -0.383 e. The average molecular weight is 306 g/mol. The highest BCUT2D eigenvalue weighted by Crippen LogP contribution is 2.32. The van der Waals surface area contributed by atoms with Crippen molar-refractivity contribution in [3.8, 4) is 0 Å². The lowest BCUT2D eigenvalue weighted by atomic mass is 9.87. The van der Waals surface area contributed by atoms with Crippen molar-refractivity contribution >= 4 is 6.21 Å². The summed E-state index contributed by atoms with van der Waals surface area (Å²) in [6.45, 7) is -0.0601. The van der Waals surface area contributed by atoms with Crippen LogP contribution in [0.5, 0.6) is 0 Å². The van der Waals surface area contributed by atoms with Crippen molar-refractivity contribution < 1.29 is 13.9 Å². The van der Waals surface area contributed by atoms with Gasteiger partial charge in [-0.25, -0.2) is 18.4 Å². The van der Waals surface area contributed by atoms with Crippen LogP contribution in [0.25, 0.3) is 0 Å². The number of nitrogens with zero attached hydrogens (tertiary/aromatic N) is 6. The SMILES string of the molecule is OC(CC1C=NN=N1)(Cn1cncn1)c1ccc(F)cc1F. The molecular formula is C13H12F2N6O. The molecule has 2 unspecified atom stereocenters. The van der Waals surface area contributed by atoms with Crippen molar-refractivity contribution in [3.05, 3.63) is 48.1 Å². The van der Waals surface area contributed by atoms with E-state index >= 15 is 0 Å². The van der Waals surface area contributed by atoms with Crippen molar-refractivity contribution in [2.75, 3.05) is 0 Å². The monoisotopic (exact) mass is 306 g/mol. The molecule has 0 radical (unpaired) electrons. The fraction of sp³-hybridized carbons (Fsp3) is 0.308. The molecule has 114 valence electrons. The van der Waals surface area contributed by atoms with E-state index in [0.29, 0.717) is 0 Å². The van der Waals surface area contributed by atoms with Crippen LogP contribution in [0.4, 0.5) is 8.78 Å². The summed E-state index contributed by atoms with van der Waals surface area (Å²) >= 11 is 0. The third-order valence-corrected chi connectivity index (χ3v) is 3.36. The highest BCUT2D eigenvalue weighted by Gasteiger charge is 2.36. The lowest BCUT2D eigenvalue weighted by Crippen LogP contribution is -2.36. The third-order valence-electron chi connectivity index (χ3n) is 3.36. The topological polar surface area (TPSA) is 88.0 Å². The van der Waals surface area contributed by atoms with Gasteiger partial charge in [0.15, 0.2) is 0 Å². The summed E-state index contributed by atoms with van der Waals surface area (Å²) in [6, 6.07) is 2.55. The van der Waals surface area contributed by atoms with E-state index in [2.05, 4.69) is 25.5 Å². The van der Waals surface area contributed by atoms with Crippen LogP contribution in [0, 0.1) is 11.6 Å². The van der Waals surface area contributed by atoms with Crippen LogP contribution >= 0.6 is 0 Å². The first-order chi connectivity index (χ1) is 10.6. The summed E-state index contributed by atoms with van der Waals surface area (Å²) in [5, 5.41) is 25.8. The highest BCUT2D eigenvalue weighted by molar-refractivity contribution is 5.65. The zero-order chi connectivity index (χ0) is 15.6. The fourth-order valence-electron chi connectivity index (χ4n) is 2.38. The van der Waals surface area contributed by atoms with Gasteiger partial charge >= 0.3 is 0 Å². The molecule has 2 aromatic rings. The Labute approximate surface area is 124 Å². The molecule has 1 aliphatic heterocycles. The maximum Gasteiger partial charge on any atom is 0.137 e. The Morgan fingerprint density at radius 3 is 2.82 bits per heavy atom. The van der Waals surface area contributed by atoms with Gasteiger partial charge in [-0.15, -0.1) is 5.10 Å². The van der Waals surface area contributed by atoms with Crippen molar-refractivity contribution in [2.24, 2.45) is 15.4 Å². The van der Waals surface area contributed by atoms with Crippen LogP contribution in [-0.4, -0.2) is 32.1 Å². The first-order valence-corrected chi connectivity index (χ1v) is 6.50. The lowest BCUT2D eigenvalue weighted by molar-refractivity contribution is 0.00190. The van der Waals surface area contributed by atoms with Crippen molar-refractivity contribution in [2.45, 2.75) is 24.6 Å². The van der Waals surface area contributed by atoms with Gasteiger partial charge in [-0.1, -0.05) is 6.07 Å². The summed E-state index contributed by atoms with van der Waals surface area (Å²) in [4.78, 5) is 3.79. The summed E-state index contributed by atoms with van der Waals surface area (Å²) in [5.74, 6) is -1.55. The molecule has 0 aliphatic carbocycles. The Hall–Kier alpha value is -2.55. The molecule has 0 fully saturated rings. The molecule has 3 rings (SSSR count). The van der Waals surface area contributed by atoms with E-state index in [-0.39, 0.29) is 18.5 Å². The van der Waals surface area contributed by atoms with Gasteiger partial charge in [-0.05, 0) is 11.3 Å². The molecule has 0 spiro atoms. The van der Waals surface area contributed by atoms with E-state index in [0.717, 1.165) is 12.1 Å². The molecule has 1 aliphatic rings. The van der Waals surface area contributed by atoms with Crippen LogP contribution in [-0.2, 0) is 12.1 Å². The van der Waals surface area contributed by atoms with Gasteiger partial charge < -0.3 is 5.11 Å². The second kappa shape index (κ2) is 5.68. The number of aliphatic hydroxyl groups is 1. The molecule has 1 aromatic carbocycles. The molecule has 7 nitrogen and oxygen atoms in total. The Kier molecular flexibility index (Phi) is 3.72. The van der Waals surface area contributed by atoms with Gasteiger partial charge in [-0.3, -0.25) is 0 Å². The molecule has 9 heteroatoms. The summed E-state index contributed by atoms with van der Waals surface area (Å²) < 4.78 is 28.6. The second-order valence-corrected chi connectivity index (χ2v) is 4.99. The number of halogens is 2. The van der Waals surface area contributed by atoms with Crippen molar-refractivity contribution in [3.63, 3.8) is 0 Å². The average Bonchev–Trinajstić information content (AvgIpc) is 3.12. The van der Waals surface area contributed by atoms with Crippen molar-refractivity contribution in [1.29, 1.82) is 0 Å². The number of benzene rings is 1. The van der Waals surface area contributed by atoms with E-state index in [1.165, 1.54) is 29.6 Å². The third kappa shape index (κ3) is 2.89. The zero-order valence-electron chi connectivity index (χ0n) is 11.3. The number of aromatic nitrogens is 3. The Morgan fingerprint density at radius 1 is 1.32 bits per heavy atom. The summed E-state index contributed by atoms with van der Waals surface area (Å²) in [5.41, 5.74) is -1.70. The predicted octanol–water partition coefficient (Wildman–Crippen LogP) is 1.65. The van der Waals surface area contributed by atoms with Crippen LogP contribution in [0.1, 0.15) is 12.0 Å². The second-order valence-electron chi connectivity index (χ2n) is 4.99. The largest absolute Gasteiger partial charge is 0.383 e. The van der Waals surface area contributed by atoms with Gasteiger partial charge in [0, 0.05) is 18.1 Å². The maximum absolute atomic E-state index is 14.1. The van der Waals surface area contributed by atoms with Crippen molar-refractivity contribution in [1.82, 2.24) is 14.8 Å². The van der Waals surface area contributed by atoms with E-state index in [4.69, 9.17) is 0 Å². The number of hydrogen-bond acceptors (Lipinski definition) is 6. The van der Waals surface area contributed by atoms with Gasteiger partial charge in [0.2, 0.25) is 0 Å². The molecule has 1 N–H and O–H groups in total.